The topological polar surface area (TPSA) is 58.6 Å². The Morgan fingerprint density at radius 3 is 3.09 bits per heavy atom. The summed E-state index contributed by atoms with van der Waals surface area (Å²) in [5, 5.41) is 12.9. The maximum absolute atomic E-state index is 8.18. The Labute approximate surface area is 68.5 Å². The zero-order chi connectivity index (χ0) is 8.10. The van der Waals surface area contributed by atoms with Crippen molar-refractivity contribution in [3.63, 3.8) is 0 Å². The second-order valence-electron chi connectivity index (χ2n) is 1.87. The fourth-order valence-electron chi connectivity index (χ4n) is 0.587. The highest BCUT2D eigenvalue weighted by atomic mass is 32.1. The van der Waals surface area contributed by atoms with Crippen molar-refractivity contribution >= 4 is 23.2 Å². The molecule has 1 aromatic heterocycles. The molecule has 0 fully saturated rings. The molecule has 0 aliphatic rings. The number of hydrogen-bond acceptors (Lipinski definition) is 3. The molecule has 1 heterocycles. The molecule has 0 saturated heterocycles. The van der Waals surface area contributed by atoms with Gasteiger partial charge in [0.05, 0.1) is 0 Å². The van der Waals surface area contributed by atoms with E-state index >= 15 is 0 Å². The van der Waals surface area contributed by atoms with Gasteiger partial charge >= 0.3 is 0 Å². The molecule has 4 heteroatoms. The number of oxime groups is 1. The van der Waals surface area contributed by atoms with Crippen LogP contribution in [0, 0.1) is 0 Å². The Kier molecular flexibility index (Phi) is 2.68. The van der Waals surface area contributed by atoms with Crippen LogP contribution in [-0.2, 0) is 0 Å². The van der Waals surface area contributed by atoms with Gasteiger partial charge in [-0.05, 0) is 23.6 Å². The third kappa shape index (κ3) is 2.43. The molecular formula is C7H8N2OS. The summed E-state index contributed by atoms with van der Waals surface area (Å²) in [6.07, 6.45) is 3.34. The zero-order valence-electron chi connectivity index (χ0n) is 5.77. The molecule has 0 amide bonds. The van der Waals surface area contributed by atoms with Gasteiger partial charge in [-0.15, -0.1) is 11.3 Å². The predicted molar refractivity (Wildman–Crippen MR) is 46.8 cm³/mol. The second-order valence-corrected chi connectivity index (χ2v) is 2.85. The molecular weight excluding hydrogens is 160 g/mol. The molecule has 0 aliphatic heterocycles. The van der Waals surface area contributed by atoms with Gasteiger partial charge in [-0.3, -0.25) is 0 Å². The lowest BCUT2D eigenvalue weighted by Crippen LogP contribution is -2.06. The molecule has 0 radical (unpaired) electrons. The number of thiophene rings is 1. The van der Waals surface area contributed by atoms with E-state index in [1.165, 1.54) is 0 Å². The SMILES string of the molecule is NC(/C=C\c1cccs1)=N/O. The fourth-order valence-corrected chi connectivity index (χ4v) is 1.20. The van der Waals surface area contributed by atoms with Crippen LogP contribution in [0.1, 0.15) is 4.88 Å². The number of rotatable bonds is 2. The first-order valence-corrected chi connectivity index (χ1v) is 3.90. The number of amidine groups is 1. The highest BCUT2D eigenvalue weighted by Crippen LogP contribution is 2.09. The van der Waals surface area contributed by atoms with Crippen molar-refractivity contribution in [2.75, 3.05) is 0 Å². The van der Waals surface area contributed by atoms with Gasteiger partial charge in [0.15, 0.2) is 5.84 Å². The van der Waals surface area contributed by atoms with Crippen molar-refractivity contribution < 1.29 is 5.21 Å². The van der Waals surface area contributed by atoms with Gasteiger partial charge in [-0.1, -0.05) is 11.2 Å². The third-order valence-electron chi connectivity index (χ3n) is 1.08. The Balaban J connectivity index is 2.63. The monoisotopic (exact) mass is 168 g/mol. The largest absolute Gasteiger partial charge is 0.409 e. The van der Waals surface area contributed by atoms with Crippen LogP contribution < -0.4 is 5.73 Å². The van der Waals surface area contributed by atoms with Gasteiger partial charge in [0.2, 0.25) is 0 Å². The summed E-state index contributed by atoms with van der Waals surface area (Å²) in [6.45, 7) is 0. The van der Waals surface area contributed by atoms with Crippen LogP contribution >= 0.6 is 11.3 Å². The minimum absolute atomic E-state index is 0.110. The summed E-state index contributed by atoms with van der Waals surface area (Å²) in [5.41, 5.74) is 5.21. The van der Waals surface area contributed by atoms with E-state index in [-0.39, 0.29) is 5.84 Å². The van der Waals surface area contributed by atoms with E-state index in [4.69, 9.17) is 10.9 Å². The summed E-state index contributed by atoms with van der Waals surface area (Å²) in [7, 11) is 0. The van der Waals surface area contributed by atoms with Gasteiger partial charge < -0.3 is 10.9 Å². The van der Waals surface area contributed by atoms with E-state index in [0.29, 0.717) is 0 Å². The lowest BCUT2D eigenvalue weighted by atomic mass is 10.4. The summed E-state index contributed by atoms with van der Waals surface area (Å²) in [4.78, 5) is 1.08. The Bertz CT molecular complexity index is 264. The molecule has 0 aliphatic carbocycles. The van der Waals surface area contributed by atoms with E-state index in [1.54, 1.807) is 23.5 Å². The molecule has 3 nitrogen and oxygen atoms in total. The lowest BCUT2D eigenvalue weighted by molar-refractivity contribution is 0.319. The standard InChI is InChI=1S/C7H8N2OS/c8-7(9-10)4-3-6-2-1-5-11-6/h1-5,10H,(H2,8,9)/b4-3-. The van der Waals surface area contributed by atoms with Crippen molar-refractivity contribution in [3.8, 4) is 0 Å². The molecule has 11 heavy (non-hydrogen) atoms. The lowest BCUT2D eigenvalue weighted by Gasteiger charge is -1.84. The highest BCUT2D eigenvalue weighted by Gasteiger charge is 1.86. The van der Waals surface area contributed by atoms with Crippen molar-refractivity contribution in [1.29, 1.82) is 0 Å². The van der Waals surface area contributed by atoms with Gasteiger partial charge in [0.25, 0.3) is 0 Å². The van der Waals surface area contributed by atoms with Crippen LogP contribution in [0.4, 0.5) is 0 Å². The Hall–Kier alpha value is -1.29. The average molecular weight is 168 g/mol. The summed E-state index contributed by atoms with van der Waals surface area (Å²) >= 11 is 1.60. The summed E-state index contributed by atoms with van der Waals surface area (Å²) in [5.74, 6) is 0.110. The molecule has 0 aromatic carbocycles. The first-order chi connectivity index (χ1) is 5.33. The van der Waals surface area contributed by atoms with Crippen LogP contribution in [0.5, 0.6) is 0 Å². The maximum Gasteiger partial charge on any atom is 0.162 e. The molecule has 0 unspecified atom stereocenters. The number of hydrogen-bond donors (Lipinski definition) is 2. The van der Waals surface area contributed by atoms with Gasteiger partial charge in [0, 0.05) is 4.88 Å². The normalized spacial score (nSPS) is 12.5. The third-order valence-corrected chi connectivity index (χ3v) is 1.91. The first-order valence-electron chi connectivity index (χ1n) is 3.02. The Morgan fingerprint density at radius 2 is 2.55 bits per heavy atom. The molecule has 0 atom stereocenters. The van der Waals surface area contributed by atoms with Crippen molar-refractivity contribution in [2.45, 2.75) is 0 Å². The van der Waals surface area contributed by atoms with Gasteiger partial charge in [-0.2, -0.15) is 0 Å². The Morgan fingerprint density at radius 1 is 1.73 bits per heavy atom. The molecule has 58 valence electrons. The van der Waals surface area contributed by atoms with Crippen LogP contribution in [-0.4, -0.2) is 11.0 Å². The maximum atomic E-state index is 8.18. The zero-order valence-corrected chi connectivity index (χ0v) is 6.58. The summed E-state index contributed by atoms with van der Waals surface area (Å²) in [6, 6.07) is 3.89. The second kappa shape index (κ2) is 3.78. The van der Waals surface area contributed by atoms with E-state index in [0.717, 1.165) is 4.88 Å². The highest BCUT2D eigenvalue weighted by molar-refractivity contribution is 7.10. The van der Waals surface area contributed by atoms with Crippen LogP contribution in [0.3, 0.4) is 0 Å². The predicted octanol–water partition coefficient (Wildman–Crippen LogP) is 1.51. The molecule has 0 bridgehead atoms. The van der Waals surface area contributed by atoms with Crippen molar-refractivity contribution in [3.05, 3.63) is 28.5 Å². The van der Waals surface area contributed by atoms with Crippen molar-refractivity contribution in [1.82, 2.24) is 0 Å². The molecule has 1 aromatic rings. The molecule has 0 saturated carbocycles. The van der Waals surface area contributed by atoms with E-state index in [1.807, 2.05) is 17.5 Å². The van der Waals surface area contributed by atoms with Gasteiger partial charge in [-0.25, -0.2) is 0 Å². The van der Waals surface area contributed by atoms with E-state index in [2.05, 4.69) is 5.16 Å². The van der Waals surface area contributed by atoms with Crippen LogP contribution in [0.2, 0.25) is 0 Å². The smallest absolute Gasteiger partial charge is 0.162 e. The van der Waals surface area contributed by atoms with Gasteiger partial charge in [0.1, 0.15) is 0 Å². The van der Waals surface area contributed by atoms with E-state index in [9.17, 15) is 0 Å². The molecule has 0 spiro atoms. The number of nitrogens with zero attached hydrogens (tertiary/aromatic N) is 1. The average Bonchev–Trinajstić information content (AvgIpc) is 2.52. The summed E-state index contributed by atoms with van der Waals surface area (Å²) < 4.78 is 0. The number of nitrogens with two attached hydrogens (primary N) is 1. The minimum atomic E-state index is 0.110. The molecule has 3 N–H and O–H groups in total. The van der Waals surface area contributed by atoms with Crippen LogP contribution in [0.25, 0.3) is 6.08 Å². The molecule has 1 rings (SSSR count). The quantitative estimate of drug-likeness (QED) is 0.304. The van der Waals surface area contributed by atoms with E-state index < -0.39 is 0 Å². The first kappa shape index (κ1) is 7.81. The van der Waals surface area contributed by atoms with Crippen molar-refractivity contribution in [2.24, 2.45) is 10.9 Å². The van der Waals surface area contributed by atoms with Crippen LogP contribution in [0.15, 0.2) is 28.7 Å². The minimum Gasteiger partial charge on any atom is -0.409 e. The fraction of sp³-hybridized carbons (Fsp3) is 0.